The monoisotopic (exact) mass is 250 g/mol. The van der Waals surface area contributed by atoms with Crippen LogP contribution in [0.5, 0.6) is 0 Å². The average molecular weight is 250 g/mol. The number of nitrogens with one attached hydrogen (secondary N) is 2. The number of hydrogen-bond acceptors (Lipinski definition) is 5. The topological polar surface area (TPSA) is 89.3 Å². The lowest BCUT2D eigenvalue weighted by Crippen LogP contribution is -2.49. The first-order valence-electron chi connectivity index (χ1n) is 5.95. The summed E-state index contributed by atoms with van der Waals surface area (Å²) in [4.78, 5) is 15.9. The van der Waals surface area contributed by atoms with Gasteiger partial charge >= 0.3 is 0 Å². The molecule has 2 rings (SSSR count). The van der Waals surface area contributed by atoms with Crippen LogP contribution in [0.25, 0.3) is 0 Å². The Morgan fingerprint density at radius 3 is 2.94 bits per heavy atom. The molecule has 0 atom stereocenters. The summed E-state index contributed by atoms with van der Waals surface area (Å²) in [7, 11) is 1.69. The second kappa shape index (κ2) is 5.32. The summed E-state index contributed by atoms with van der Waals surface area (Å²) in [6.45, 7) is 0.538. The van der Waals surface area contributed by atoms with Gasteiger partial charge in [0.15, 0.2) is 0 Å². The van der Waals surface area contributed by atoms with Crippen molar-refractivity contribution in [2.45, 2.75) is 24.9 Å². The van der Waals surface area contributed by atoms with Crippen molar-refractivity contribution in [2.24, 2.45) is 5.84 Å². The zero-order chi connectivity index (χ0) is 13.0. The normalized spacial score (nSPS) is 16.8. The number of rotatable bonds is 5. The fraction of sp³-hybridized carbons (Fsp3) is 0.500. The molecule has 18 heavy (non-hydrogen) atoms. The van der Waals surface area contributed by atoms with E-state index in [1.807, 2.05) is 0 Å². The summed E-state index contributed by atoms with van der Waals surface area (Å²) in [6.07, 6.45) is 4.69. The number of nitrogens with two attached hydrogens (primary N) is 1. The summed E-state index contributed by atoms with van der Waals surface area (Å²) in [6, 6.07) is 3.26. The van der Waals surface area contributed by atoms with Crippen LogP contribution in [0.4, 0.5) is 5.82 Å². The molecular weight excluding hydrogens is 232 g/mol. The van der Waals surface area contributed by atoms with Crippen LogP contribution in [0.2, 0.25) is 0 Å². The summed E-state index contributed by atoms with van der Waals surface area (Å²) in [5.74, 6) is 5.57. The predicted molar refractivity (Wildman–Crippen MR) is 68.0 cm³/mol. The lowest BCUT2D eigenvalue weighted by molar-refractivity contribution is -0.0679. The van der Waals surface area contributed by atoms with Gasteiger partial charge in [0.05, 0.1) is 5.60 Å². The first-order valence-corrected chi connectivity index (χ1v) is 5.95. The van der Waals surface area contributed by atoms with E-state index in [2.05, 4.69) is 15.7 Å². The molecule has 0 aliphatic heterocycles. The number of amides is 1. The maximum atomic E-state index is 12.0. The molecule has 0 saturated heterocycles. The average Bonchev–Trinajstić information content (AvgIpc) is 2.38. The van der Waals surface area contributed by atoms with Crippen molar-refractivity contribution < 1.29 is 9.53 Å². The number of carbonyl (C=O) groups is 1. The van der Waals surface area contributed by atoms with Crippen LogP contribution in [0.3, 0.4) is 0 Å². The Morgan fingerprint density at radius 2 is 2.39 bits per heavy atom. The zero-order valence-electron chi connectivity index (χ0n) is 10.4. The molecule has 1 aromatic heterocycles. The molecule has 6 heteroatoms. The Balaban J connectivity index is 1.95. The van der Waals surface area contributed by atoms with Gasteiger partial charge in [-0.3, -0.25) is 4.79 Å². The van der Waals surface area contributed by atoms with Crippen LogP contribution in [0.15, 0.2) is 18.3 Å². The molecule has 1 aliphatic rings. The Kier molecular flexibility index (Phi) is 3.78. The summed E-state index contributed by atoms with van der Waals surface area (Å²) < 4.78 is 5.45. The standard InChI is InChI=1S/C12H18N4O2/c1-18-12(4-2-5-12)8-15-11(17)9-3-6-14-10(7-9)16-13/h3,6-7H,2,4-5,8,13H2,1H3,(H,14,16)(H,15,17). The second-order valence-corrected chi connectivity index (χ2v) is 4.50. The van der Waals surface area contributed by atoms with Crippen LogP contribution in [0.1, 0.15) is 29.6 Å². The molecule has 0 aromatic carbocycles. The van der Waals surface area contributed by atoms with Crippen LogP contribution in [-0.2, 0) is 4.74 Å². The van der Waals surface area contributed by atoms with Crippen molar-refractivity contribution >= 4 is 11.7 Å². The van der Waals surface area contributed by atoms with Crippen molar-refractivity contribution in [2.75, 3.05) is 19.1 Å². The van der Waals surface area contributed by atoms with Gasteiger partial charge in [0.2, 0.25) is 0 Å². The number of nitrogen functional groups attached to an aromatic ring is 1. The van der Waals surface area contributed by atoms with E-state index in [1.165, 1.54) is 0 Å². The SMILES string of the molecule is COC1(CNC(=O)c2ccnc(NN)c2)CCC1. The molecule has 0 bridgehead atoms. The molecule has 0 radical (unpaired) electrons. The van der Waals surface area contributed by atoms with E-state index in [9.17, 15) is 4.79 Å². The lowest BCUT2D eigenvalue weighted by atomic mass is 9.80. The number of aromatic nitrogens is 1. The van der Waals surface area contributed by atoms with Gasteiger partial charge in [-0.1, -0.05) is 0 Å². The summed E-state index contributed by atoms with van der Waals surface area (Å²) in [5.41, 5.74) is 2.77. The minimum absolute atomic E-state index is 0.141. The van der Waals surface area contributed by atoms with Crippen molar-refractivity contribution in [1.82, 2.24) is 10.3 Å². The minimum Gasteiger partial charge on any atom is -0.376 e. The van der Waals surface area contributed by atoms with Gasteiger partial charge in [0.25, 0.3) is 5.91 Å². The van der Waals surface area contributed by atoms with E-state index in [0.717, 1.165) is 19.3 Å². The Hall–Kier alpha value is -1.66. The van der Waals surface area contributed by atoms with Gasteiger partial charge in [0, 0.05) is 25.4 Å². The van der Waals surface area contributed by atoms with Crippen LogP contribution in [0, 0.1) is 0 Å². The Labute approximate surface area is 106 Å². The fourth-order valence-corrected chi connectivity index (χ4v) is 2.02. The molecule has 1 aromatic rings. The number of hydrogen-bond donors (Lipinski definition) is 3. The molecular formula is C12H18N4O2. The van der Waals surface area contributed by atoms with Crippen molar-refractivity contribution in [1.29, 1.82) is 0 Å². The number of pyridine rings is 1. The quantitative estimate of drug-likeness (QED) is 0.528. The number of carbonyl (C=O) groups excluding carboxylic acids is 1. The summed E-state index contributed by atoms with van der Waals surface area (Å²) in [5, 5.41) is 2.88. The molecule has 6 nitrogen and oxygen atoms in total. The first-order chi connectivity index (χ1) is 8.69. The van der Waals surface area contributed by atoms with E-state index in [4.69, 9.17) is 10.6 Å². The van der Waals surface area contributed by atoms with Gasteiger partial charge in [-0.25, -0.2) is 10.8 Å². The van der Waals surface area contributed by atoms with Crippen molar-refractivity contribution in [3.8, 4) is 0 Å². The fourth-order valence-electron chi connectivity index (χ4n) is 2.02. The molecule has 1 heterocycles. The third kappa shape index (κ3) is 2.60. The van der Waals surface area contributed by atoms with Gasteiger partial charge in [-0.05, 0) is 31.4 Å². The van der Waals surface area contributed by atoms with Gasteiger partial charge < -0.3 is 15.5 Å². The van der Waals surface area contributed by atoms with Gasteiger partial charge in [0.1, 0.15) is 5.82 Å². The van der Waals surface area contributed by atoms with E-state index in [1.54, 1.807) is 25.4 Å². The largest absolute Gasteiger partial charge is 0.376 e. The highest BCUT2D eigenvalue weighted by Crippen LogP contribution is 2.34. The highest BCUT2D eigenvalue weighted by atomic mass is 16.5. The van der Waals surface area contributed by atoms with Crippen molar-refractivity contribution in [3.05, 3.63) is 23.9 Å². The maximum Gasteiger partial charge on any atom is 0.251 e. The molecule has 1 amide bonds. The predicted octanol–water partition coefficient (Wildman–Crippen LogP) is 0.666. The molecule has 1 aliphatic carbocycles. The third-order valence-corrected chi connectivity index (χ3v) is 3.44. The van der Waals surface area contributed by atoms with E-state index < -0.39 is 0 Å². The van der Waals surface area contributed by atoms with Crippen LogP contribution >= 0.6 is 0 Å². The van der Waals surface area contributed by atoms with E-state index in [-0.39, 0.29) is 11.5 Å². The maximum absolute atomic E-state index is 12.0. The third-order valence-electron chi connectivity index (χ3n) is 3.44. The lowest BCUT2D eigenvalue weighted by Gasteiger charge is -2.40. The smallest absolute Gasteiger partial charge is 0.251 e. The minimum atomic E-state index is -0.169. The van der Waals surface area contributed by atoms with Gasteiger partial charge in [-0.2, -0.15) is 0 Å². The highest BCUT2D eigenvalue weighted by molar-refractivity contribution is 5.94. The zero-order valence-corrected chi connectivity index (χ0v) is 10.4. The molecule has 1 saturated carbocycles. The van der Waals surface area contributed by atoms with Crippen LogP contribution in [-0.4, -0.2) is 30.1 Å². The molecule has 0 unspecified atom stereocenters. The number of hydrazine groups is 1. The van der Waals surface area contributed by atoms with Crippen molar-refractivity contribution in [3.63, 3.8) is 0 Å². The summed E-state index contributed by atoms with van der Waals surface area (Å²) >= 11 is 0. The number of methoxy groups -OCH3 is 1. The van der Waals surface area contributed by atoms with E-state index >= 15 is 0 Å². The number of anilines is 1. The van der Waals surface area contributed by atoms with Gasteiger partial charge in [-0.15, -0.1) is 0 Å². The second-order valence-electron chi connectivity index (χ2n) is 4.50. The highest BCUT2D eigenvalue weighted by Gasteiger charge is 2.37. The van der Waals surface area contributed by atoms with Crippen LogP contribution < -0.4 is 16.6 Å². The molecule has 98 valence electrons. The number of nitrogens with zero attached hydrogens (tertiary/aromatic N) is 1. The molecule has 1 fully saturated rings. The Bertz CT molecular complexity index is 426. The van der Waals surface area contributed by atoms with E-state index in [0.29, 0.717) is 17.9 Å². The molecule has 4 N–H and O–H groups in total. The molecule has 0 spiro atoms. The first kappa shape index (κ1) is 12.8. The Morgan fingerprint density at radius 1 is 1.61 bits per heavy atom. The number of ether oxygens (including phenoxy) is 1.